The molecule has 0 unspecified atom stereocenters. The van der Waals surface area contributed by atoms with E-state index < -0.39 is 0 Å². The lowest BCUT2D eigenvalue weighted by atomic mass is 10.1. The molecule has 0 radical (unpaired) electrons. The van der Waals surface area contributed by atoms with Gasteiger partial charge in [0, 0.05) is 6.42 Å². The summed E-state index contributed by atoms with van der Waals surface area (Å²) in [7, 11) is 1.35. The van der Waals surface area contributed by atoms with Crippen LogP contribution >= 0.6 is 0 Å². The molecule has 0 saturated heterocycles. The maximum absolute atomic E-state index is 10.9. The largest absolute Gasteiger partial charge is 0.342 e. The lowest BCUT2D eigenvalue weighted by Crippen LogP contribution is -2.02. The Balaban J connectivity index is 3.01. The standard InChI is InChI=1S/C12H24O3/c1-3-4-5-6-7-8-9-10-11-12(13)15-14-2/h3-11H2,1-2H3. The minimum atomic E-state index is -0.261. The third-order valence-corrected chi connectivity index (χ3v) is 2.41. The van der Waals surface area contributed by atoms with Gasteiger partial charge in [0.05, 0.1) is 7.11 Å². The van der Waals surface area contributed by atoms with Crippen molar-refractivity contribution in [2.45, 2.75) is 64.7 Å². The molecular formula is C12H24O3. The zero-order valence-corrected chi connectivity index (χ0v) is 10.1. The molecule has 0 bridgehead atoms. The molecule has 0 fully saturated rings. The number of carbonyl (C=O) groups is 1. The van der Waals surface area contributed by atoms with E-state index in [1.807, 2.05) is 0 Å². The number of hydrogen-bond acceptors (Lipinski definition) is 3. The molecule has 0 amide bonds. The van der Waals surface area contributed by atoms with Crippen molar-refractivity contribution >= 4 is 5.97 Å². The van der Waals surface area contributed by atoms with E-state index in [1.165, 1.54) is 45.6 Å². The molecule has 0 rings (SSSR count). The van der Waals surface area contributed by atoms with Crippen LogP contribution in [-0.2, 0) is 14.6 Å². The highest BCUT2D eigenvalue weighted by molar-refractivity contribution is 5.68. The zero-order chi connectivity index (χ0) is 11.4. The maximum atomic E-state index is 10.9. The van der Waals surface area contributed by atoms with Crippen molar-refractivity contribution in [1.82, 2.24) is 0 Å². The third kappa shape index (κ3) is 11.4. The van der Waals surface area contributed by atoms with Crippen molar-refractivity contribution in [3.05, 3.63) is 0 Å². The van der Waals surface area contributed by atoms with Crippen molar-refractivity contribution in [3.8, 4) is 0 Å². The first kappa shape index (κ1) is 14.4. The van der Waals surface area contributed by atoms with Crippen LogP contribution in [0.1, 0.15) is 64.7 Å². The van der Waals surface area contributed by atoms with E-state index in [2.05, 4.69) is 16.7 Å². The lowest BCUT2D eigenvalue weighted by molar-refractivity contribution is -0.255. The summed E-state index contributed by atoms with van der Waals surface area (Å²) in [6.07, 6.45) is 10.3. The van der Waals surface area contributed by atoms with E-state index in [0.717, 1.165) is 12.8 Å². The fourth-order valence-corrected chi connectivity index (χ4v) is 1.54. The van der Waals surface area contributed by atoms with Crippen molar-refractivity contribution in [2.75, 3.05) is 7.11 Å². The van der Waals surface area contributed by atoms with Crippen LogP contribution < -0.4 is 0 Å². The number of unbranched alkanes of at least 4 members (excludes halogenated alkanes) is 7. The smallest absolute Gasteiger partial charge is 0.299 e. The number of hydrogen-bond donors (Lipinski definition) is 0. The molecule has 0 spiro atoms. The van der Waals surface area contributed by atoms with Gasteiger partial charge in [-0.05, 0) is 6.42 Å². The summed E-state index contributed by atoms with van der Waals surface area (Å²) in [5.74, 6) is -0.261. The summed E-state index contributed by atoms with van der Waals surface area (Å²) in [4.78, 5) is 19.5. The fourth-order valence-electron chi connectivity index (χ4n) is 1.54. The van der Waals surface area contributed by atoms with Crippen molar-refractivity contribution in [3.63, 3.8) is 0 Å². The average molecular weight is 216 g/mol. The van der Waals surface area contributed by atoms with Crippen LogP contribution in [0.15, 0.2) is 0 Å². The molecule has 3 nitrogen and oxygen atoms in total. The minimum Gasteiger partial charge on any atom is -0.299 e. The second-order valence-electron chi connectivity index (χ2n) is 3.85. The highest BCUT2D eigenvalue weighted by atomic mass is 17.2. The van der Waals surface area contributed by atoms with E-state index in [-0.39, 0.29) is 5.97 Å². The van der Waals surface area contributed by atoms with Crippen molar-refractivity contribution in [1.29, 1.82) is 0 Å². The van der Waals surface area contributed by atoms with Gasteiger partial charge >= 0.3 is 5.97 Å². The predicted octanol–water partition coefficient (Wildman–Crippen LogP) is 3.62. The second-order valence-corrected chi connectivity index (χ2v) is 3.85. The quantitative estimate of drug-likeness (QED) is 0.318. The van der Waals surface area contributed by atoms with Crippen LogP contribution in [-0.4, -0.2) is 13.1 Å². The van der Waals surface area contributed by atoms with Crippen LogP contribution in [0.2, 0.25) is 0 Å². The van der Waals surface area contributed by atoms with Crippen LogP contribution in [0.5, 0.6) is 0 Å². The van der Waals surface area contributed by atoms with Gasteiger partial charge in [0.2, 0.25) is 0 Å². The Morgan fingerprint density at radius 2 is 1.47 bits per heavy atom. The predicted molar refractivity (Wildman–Crippen MR) is 60.3 cm³/mol. The molecule has 0 aliphatic carbocycles. The first-order valence-corrected chi connectivity index (χ1v) is 6.04. The minimum absolute atomic E-state index is 0.261. The molecule has 15 heavy (non-hydrogen) atoms. The number of carbonyl (C=O) groups excluding carboxylic acids is 1. The van der Waals surface area contributed by atoms with Gasteiger partial charge in [-0.3, -0.25) is 4.89 Å². The Morgan fingerprint density at radius 1 is 0.933 bits per heavy atom. The Hall–Kier alpha value is -0.570. The Morgan fingerprint density at radius 3 is 2.00 bits per heavy atom. The van der Waals surface area contributed by atoms with E-state index in [4.69, 9.17) is 0 Å². The average Bonchev–Trinajstić information content (AvgIpc) is 2.22. The van der Waals surface area contributed by atoms with Gasteiger partial charge in [-0.25, -0.2) is 4.79 Å². The Bertz CT molecular complexity index is 146. The maximum Gasteiger partial charge on any atom is 0.342 e. The molecule has 0 aromatic heterocycles. The van der Waals surface area contributed by atoms with E-state index in [9.17, 15) is 4.79 Å². The van der Waals surface area contributed by atoms with Gasteiger partial charge in [-0.15, -0.1) is 0 Å². The van der Waals surface area contributed by atoms with E-state index >= 15 is 0 Å². The molecule has 3 heteroatoms. The molecule has 0 heterocycles. The molecule has 0 aromatic rings. The number of rotatable bonds is 10. The SMILES string of the molecule is CCCCCCCCCCC(=O)OOC. The van der Waals surface area contributed by atoms with Crippen LogP contribution in [0, 0.1) is 0 Å². The fraction of sp³-hybridized carbons (Fsp3) is 0.917. The van der Waals surface area contributed by atoms with Gasteiger partial charge in [0.1, 0.15) is 0 Å². The van der Waals surface area contributed by atoms with Crippen LogP contribution in [0.25, 0.3) is 0 Å². The molecule has 0 aliphatic rings. The van der Waals surface area contributed by atoms with Gasteiger partial charge in [-0.2, -0.15) is 4.89 Å². The monoisotopic (exact) mass is 216 g/mol. The zero-order valence-electron chi connectivity index (χ0n) is 10.1. The summed E-state index contributed by atoms with van der Waals surface area (Å²) >= 11 is 0. The third-order valence-electron chi connectivity index (χ3n) is 2.41. The first-order chi connectivity index (χ1) is 7.31. The molecule has 0 aromatic carbocycles. The van der Waals surface area contributed by atoms with Gasteiger partial charge < -0.3 is 0 Å². The summed E-state index contributed by atoms with van der Waals surface area (Å²) in [5, 5.41) is 0. The first-order valence-electron chi connectivity index (χ1n) is 6.04. The van der Waals surface area contributed by atoms with Gasteiger partial charge in [0.15, 0.2) is 0 Å². The van der Waals surface area contributed by atoms with Crippen LogP contribution in [0.3, 0.4) is 0 Å². The Kier molecular flexibility index (Phi) is 11.1. The molecule has 90 valence electrons. The molecule has 0 atom stereocenters. The Labute approximate surface area is 93.1 Å². The molecular weight excluding hydrogens is 192 g/mol. The molecule has 0 N–H and O–H groups in total. The van der Waals surface area contributed by atoms with Gasteiger partial charge in [-0.1, -0.05) is 51.9 Å². The van der Waals surface area contributed by atoms with E-state index in [1.54, 1.807) is 0 Å². The summed E-state index contributed by atoms with van der Waals surface area (Å²) in [5.41, 5.74) is 0. The summed E-state index contributed by atoms with van der Waals surface area (Å²) in [6.45, 7) is 2.22. The van der Waals surface area contributed by atoms with Crippen LogP contribution in [0.4, 0.5) is 0 Å². The molecule has 0 aliphatic heterocycles. The van der Waals surface area contributed by atoms with Crippen molar-refractivity contribution < 1.29 is 14.6 Å². The summed E-state index contributed by atoms with van der Waals surface area (Å²) < 4.78 is 0. The second kappa shape index (κ2) is 11.5. The summed E-state index contributed by atoms with van der Waals surface area (Å²) in [6, 6.07) is 0. The van der Waals surface area contributed by atoms with Gasteiger partial charge in [0.25, 0.3) is 0 Å². The highest BCUT2D eigenvalue weighted by Gasteiger charge is 2.01. The molecule has 0 saturated carbocycles. The highest BCUT2D eigenvalue weighted by Crippen LogP contribution is 2.09. The van der Waals surface area contributed by atoms with Crippen molar-refractivity contribution in [2.24, 2.45) is 0 Å². The topological polar surface area (TPSA) is 35.5 Å². The van der Waals surface area contributed by atoms with E-state index in [0.29, 0.717) is 6.42 Å². The normalized spacial score (nSPS) is 10.3. The lowest BCUT2D eigenvalue weighted by Gasteiger charge is -2.01.